The van der Waals surface area contributed by atoms with E-state index in [2.05, 4.69) is 15.3 Å². The van der Waals surface area contributed by atoms with Crippen LogP contribution in [0.5, 0.6) is 5.88 Å². The van der Waals surface area contributed by atoms with Gasteiger partial charge in [0.25, 0.3) is 0 Å². The Morgan fingerprint density at radius 3 is 2.65 bits per heavy atom. The van der Waals surface area contributed by atoms with Gasteiger partial charge in [0, 0.05) is 36.6 Å². The largest absolute Gasteiger partial charge is 0.481 e. The number of amides is 1. The van der Waals surface area contributed by atoms with E-state index in [4.69, 9.17) is 4.74 Å². The molecule has 2 aromatic heterocycles. The standard InChI is InChI=1S/C17H16N4O2/c1-18-17(22)21-10-15(20-11-21)13-5-3-4-12(8-13)14-6-7-16(23-2)19-9-14/h3-11H,1-2H3,(H,18,22). The number of ether oxygens (including phenoxy) is 1. The molecule has 0 spiro atoms. The Labute approximate surface area is 133 Å². The van der Waals surface area contributed by atoms with E-state index in [-0.39, 0.29) is 6.03 Å². The Morgan fingerprint density at radius 2 is 1.96 bits per heavy atom. The fraction of sp³-hybridized carbons (Fsp3) is 0.118. The lowest BCUT2D eigenvalue weighted by Gasteiger charge is -2.05. The topological polar surface area (TPSA) is 69.0 Å². The molecule has 3 rings (SSSR count). The molecule has 23 heavy (non-hydrogen) atoms. The molecule has 116 valence electrons. The number of benzene rings is 1. The average Bonchev–Trinajstić information content (AvgIpc) is 3.11. The van der Waals surface area contributed by atoms with Gasteiger partial charge in [-0.15, -0.1) is 0 Å². The number of rotatable bonds is 3. The number of nitrogens with zero attached hydrogens (tertiary/aromatic N) is 3. The highest BCUT2D eigenvalue weighted by molar-refractivity contribution is 5.78. The summed E-state index contributed by atoms with van der Waals surface area (Å²) in [7, 11) is 3.17. The van der Waals surface area contributed by atoms with Crippen LogP contribution in [0, 0.1) is 0 Å². The minimum absolute atomic E-state index is 0.223. The molecule has 0 radical (unpaired) electrons. The molecule has 0 aliphatic carbocycles. The first-order valence-corrected chi connectivity index (χ1v) is 7.08. The van der Waals surface area contributed by atoms with Crippen LogP contribution in [0.3, 0.4) is 0 Å². The zero-order valence-corrected chi connectivity index (χ0v) is 12.9. The van der Waals surface area contributed by atoms with Crippen molar-refractivity contribution in [3.8, 4) is 28.3 Å². The van der Waals surface area contributed by atoms with Gasteiger partial charge in [-0.3, -0.25) is 4.57 Å². The van der Waals surface area contributed by atoms with E-state index in [9.17, 15) is 4.79 Å². The third-order valence-corrected chi connectivity index (χ3v) is 3.47. The molecule has 0 saturated heterocycles. The van der Waals surface area contributed by atoms with Crippen LogP contribution in [0.2, 0.25) is 0 Å². The smallest absolute Gasteiger partial charge is 0.326 e. The lowest BCUT2D eigenvalue weighted by molar-refractivity contribution is 0.244. The molecule has 0 aliphatic heterocycles. The van der Waals surface area contributed by atoms with E-state index in [1.807, 2.05) is 36.4 Å². The molecule has 0 saturated carbocycles. The maximum absolute atomic E-state index is 11.6. The van der Waals surface area contributed by atoms with Crippen molar-refractivity contribution in [1.29, 1.82) is 0 Å². The van der Waals surface area contributed by atoms with Crippen LogP contribution in [0.4, 0.5) is 4.79 Å². The van der Waals surface area contributed by atoms with E-state index in [1.165, 1.54) is 10.9 Å². The maximum atomic E-state index is 11.6. The summed E-state index contributed by atoms with van der Waals surface area (Å²) >= 11 is 0. The number of carbonyl (C=O) groups excluding carboxylic acids is 1. The third-order valence-electron chi connectivity index (χ3n) is 3.47. The van der Waals surface area contributed by atoms with Crippen molar-refractivity contribution in [1.82, 2.24) is 19.9 Å². The zero-order valence-electron chi connectivity index (χ0n) is 12.9. The highest BCUT2D eigenvalue weighted by Crippen LogP contribution is 2.25. The molecule has 0 aliphatic rings. The number of imidazole rings is 1. The Balaban J connectivity index is 1.92. The van der Waals surface area contributed by atoms with Crippen LogP contribution in [0.1, 0.15) is 0 Å². The van der Waals surface area contributed by atoms with Crippen LogP contribution in [-0.2, 0) is 0 Å². The number of methoxy groups -OCH3 is 1. The number of aromatic nitrogens is 3. The monoisotopic (exact) mass is 308 g/mol. The van der Waals surface area contributed by atoms with Crippen LogP contribution < -0.4 is 10.1 Å². The molecule has 6 nitrogen and oxygen atoms in total. The van der Waals surface area contributed by atoms with E-state index < -0.39 is 0 Å². The van der Waals surface area contributed by atoms with Gasteiger partial charge in [0.2, 0.25) is 5.88 Å². The second kappa shape index (κ2) is 6.31. The minimum atomic E-state index is -0.223. The molecular weight excluding hydrogens is 292 g/mol. The van der Waals surface area contributed by atoms with E-state index in [1.54, 1.807) is 26.6 Å². The zero-order chi connectivity index (χ0) is 16.2. The van der Waals surface area contributed by atoms with Crippen molar-refractivity contribution in [3.05, 3.63) is 55.1 Å². The van der Waals surface area contributed by atoms with Crippen LogP contribution in [0.15, 0.2) is 55.1 Å². The lowest BCUT2D eigenvalue weighted by atomic mass is 10.0. The summed E-state index contributed by atoms with van der Waals surface area (Å²) in [6, 6.07) is 11.5. The van der Waals surface area contributed by atoms with Gasteiger partial charge in [-0.1, -0.05) is 18.2 Å². The van der Waals surface area contributed by atoms with Crippen LogP contribution in [-0.4, -0.2) is 34.7 Å². The number of nitrogens with one attached hydrogen (secondary N) is 1. The summed E-state index contributed by atoms with van der Waals surface area (Å²) in [6.07, 6.45) is 4.96. The fourth-order valence-corrected chi connectivity index (χ4v) is 2.24. The highest BCUT2D eigenvalue weighted by Gasteiger charge is 2.08. The minimum Gasteiger partial charge on any atom is -0.481 e. The third kappa shape index (κ3) is 3.06. The molecule has 0 unspecified atom stereocenters. The van der Waals surface area contributed by atoms with Gasteiger partial charge in [0.1, 0.15) is 6.33 Å². The van der Waals surface area contributed by atoms with Crippen molar-refractivity contribution < 1.29 is 9.53 Å². The summed E-state index contributed by atoms with van der Waals surface area (Å²) in [5.74, 6) is 0.578. The Morgan fingerprint density at radius 1 is 1.13 bits per heavy atom. The summed E-state index contributed by atoms with van der Waals surface area (Å²) in [6.45, 7) is 0. The lowest BCUT2D eigenvalue weighted by Crippen LogP contribution is -2.22. The Kier molecular flexibility index (Phi) is 4.05. The average molecular weight is 308 g/mol. The SMILES string of the molecule is CNC(=O)n1cnc(-c2cccc(-c3ccc(OC)nc3)c2)c1. The van der Waals surface area contributed by atoms with Crippen molar-refractivity contribution >= 4 is 6.03 Å². The number of hydrogen-bond donors (Lipinski definition) is 1. The highest BCUT2D eigenvalue weighted by atomic mass is 16.5. The predicted octanol–water partition coefficient (Wildman–Crippen LogP) is 2.81. The number of carbonyl (C=O) groups is 1. The first-order chi connectivity index (χ1) is 11.2. The van der Waals surface area contributed by atoms with Gasteiger partial charge in [-0.2, -0.15) is 0 Å². The van der Waals surface area contributed by atoms with Crippen molar-refractivity contribution in [2.45, 2.75) is 0 Å². The maximum Gasteiger partial charge on any atom is 0.326 e. The molecule has 1 N–H and O–H groups in total. The summed E-state index contributed by atoms with van der Waals surface area (Å²) in [5, 5.41) is 2.56. The first kappa shape index (κ1) is 14.8. The molecule has 1 aromatic carbocycles. The molecule has 3 aromatic rings. The number of pyridine rings is 1. The van der Waals surface area contributed by atoms with Gasteiger partial charge < -0.3 is 10.1 Å². The van der Waals surface area contributed by atoms with Gasteiger partial charge in [-0.25, -0.2) is 14.8 Å². The van der Waals surface area contributed by atoms with Crippen LogP contribution in [0.25, 0.3) is 22.4 Å². The van der Waals surface area contributed by atoms with Gasteiger partial charge in [0.15, 0.2) is 0 Å². The van der Waals surface area contributed by atoms with Gasteiger partial charge >= 0.3 is 6.03 Å². The second-order valence-electron chi connectivity index (χ2n) is 4.89. The first-order valence-electron chi connectivity index (χ1n) is 7.08. The fourth-order valence-electron chi connectivity index (χ4n) is 2.24. The quantitative estimate of drug-likeness (QED) is 0.808. The molecule has 2 heterocycles. The molecule has 0 fully saturated rings. The van der Waals surface area contributed by atoms with E-state index >= 15 is 0 Å². The molecule has 0 bridgehead atoms. The second-order valence-corrected chi connectivity index (χ2v) is 4.89. The molecule has 6 heteroatoms. The van der Waals surface area contributed by atoms with Crippen molar-refractivity contribution in [3.63, 3.8) is 0 Å². The Bertz CT molecular complexity index is 825. The van der Waals surface area contributed by atoms with Gasteiger partial charge in [-0.05, 0) is 17.7 Å². The molecule has 1 amide bonds. The van der Waals surface area contributed by atoms with E-state index in [0.717, 1.165) is 22.4 Å². The van der Waals surface area contributed by atoms with E-state index in [0.29, 0.717) is 5.88 Å². The predicted molar refractivity (Wildman–Crippen MR) is 87.3 cm³/mol. The summed E-state index contributed by atoms with van der Waals surface area (Å²) in [4.78, 5) is 20.1. The van der Waals surface area contributed by atoms with Crippen molar-refractivity contribution in [2.24, 2.45) is 0 Å². The molecular formula is C17H16N4O2. The summed E-state index contributed by atoms with van der Waals surface area (Å²) in [5.41, 5.74) is 3.67. The van der Waals surface area contributed by atoms with Crippen molar-refractivity contribution in [2.75, 3.05) is 14.2 Å². The molecule has 0 atom stereocenters. The summed E-state index contributed by atoms with van der Waals surface area (Å²) < 4.78 is 6.49. The Hall–Kier alpha value is -3.15. The normalized spacial score (nSPS) is 10.3. The van der Waals surface area contributed by atoms with Gasteiger partial charge in [0.05, 0.1) is 12.8 Å². The number of hydrogen-bond acceptors (Lipinski definition) is 4. The van der Waals surface area contributed by atoms with Crippen LogP contribution >= 0.6 is 0 Å².